The predicted molar refractivity (Wildman–Crippen MR) is 71.6 cm³/mol. The molecule has 0 saturated heterocycles. The summed E-state index contributed by atoms with van der Waals surface area (Å²) in [6, 6.07) is 4.36. The summed E-state index contributed by atoms with van der Waals surface area (Å²) in [4.78, 5) is 0. The van der Waals surface area contributed by atoms with Crippen molar-refractivity contribution in [3.05, 3.63) is 52.6 Å². The molecule has 1 unspecified atom stereocenters. The third kappa shape index (κ3) is 3.03. The molecular weight excluding hydrogens is 274 g/mol. The van der Waals surface area contributed by atoms with E-state index >= 15 is 0 Å². The quantitative estimate of drug-likeness (QED) is 0.761. The molecule has 0 aliphatic carbocycles. The van der Waals surface area contributed by atoms with Gasteiger partial charge in [-0.05, 0) is 24.1 Å². The fraction of sp³-hybridized carbons (Fsp3) is 0.308. The summed E-state index contributed by atoms with van der Waals surface area (Å²) in [5, 5.41) is 4.61. The van der Waals surface area contributed by atoms with Gasteiger partial charge in [-0.25, -0.2) is 4.39 Å². The third-order valence-electron chi connectivity index (χ3n) is 2.72. The Morgan fingerprint density at radius 3 is 2.89 bits per heavy atom. The molecule has 1 heterocycles. The minimum atomic E-state index is -0.336. The first-order chi connectivity index (χ1) is 8.60. The third-order valence-corrected chi connectivity index (χ3v) is 3.63. The van der Waals surface area contributed by atoms with Crippen molar-refractivity contribution in [1.82, 2.24) is 9.78 Å². The Labute approximate surface area is 115 Å². The van der Waals surface area contributed by atoms with Gasteiger partial charge < -0.3 is 0 Å². The van der Waals surface area contributed by atoms with Gasteiger partial charge in [0.15, 0.2) is 0 Å². The van der Waals surface area contributed by atoms with Crippen LogP contribution in [0.3, 0.4) is 0 Å². The summed E-state index contributed by atoms with van der Waals surface area (Å²) in [6.45, 7) is 2.53. The van der Waals surface area contributed by atoms with E-state index in [2.05, 4.69) is 5.10 Å². The van der Waals surface area contributed by atoms with Crippen LogP contribution >= 0.6 is 23.2 Å². The summed E-state index contributed by atoms with van der Waals surface area (Å²) in [5.74, 6) is -0.336. The first-order valence-electron chi connectivity index (χ1n) is 5.70. The second kappa shape index (κ2) is 5.72. The number of halogens is 3. The number of benzene rings is 1. The molecule has 0 spiro atoms. The molecule has 2 rings (SSSR count). The van der Waals surface area contributed by atoms with E-state index in [0.717, 1.165) is 17.5 Å². The Morgan fingerprint density at radius 1 is 1.44 bits per heavy atom. The molecule has 0 amide bonds. The topological polar surface area (TPSA) is 17.8 Å². The van der Waals surface area contributed by atoms with Gasteiger partial charge in [0, 0.05) is 16.8 Å². The first-order valence-corrected chi connectivity index (χ1v) is 6.52. The summed E-state index contributed by atoms with van der Waals surface area (Å²) in [6.07, 6.45) is 4.49. The van der Waals surface area contributed by atoms with Crippen molar-refractivity contribution in [2.75, 3.05) is 0 Å². The van der Waals surface area contributed by atoms with E-state index in [4.69, 9.17) is 23.2 Å². The van der Waals surface area contributed by atoms with Crippen molar-refractivity contribution in [3.63, 3.8) is 0 Å². The lowest BCUT2D eigenvalue weighted by Crippen LogP contribution is -2.00. The highest BCUT2D eigenvalue weighted by Crippen LogP contribution is 2.24. The van der Waals surface area contributed by atoms with Crippen LogP contribution in [0.5, 0.6) is 0 Å². The highest BCUT2D eigenvalue weighted by Gasteiger charge is 2.09. The van der Waals surface area contributed by atoms with Crippen molar-refractivity contribution in [3.8, 4) is 0 Å². The Hall–Kier alpha value is -1.06. The van der Waals surface area contributed by atoms with Crippen LogP contribution < -0.4 is 0 Å². The van der Waals surface area contributed by atoms with Gasteiger partial charge >= 0.3 is 0 Å². The van der Waals surface area contributed by atoms with Crippen LogP contribution in [0.15, 0.2) is 30.6 Å². The Kier molecular flexibility index (Phi) is 4.25. The van der Waals surface area contributed by atoms with Gasteiger partial charge in [-0.3, -0.25) is 4.68 Å². The molecule has 0 N–H and O–H groups in total. The molecule has 0 aliphatic heterocycles. The molecule has 1 aromatic carbocycles. The van der Waals surface area contributed by atoms with E-state index in [0.29, 0.717) is 11.6 Å². The van der Waals surface area contributed by atoms with Gasteiger partial charge in [0.2, 0.25) is 0 Å². The van der Waals surface area contributed by atoms with Crippen LogP contribution in [0, 0.1) is 5.82 Å². The normalized spacial score (nSPS) is 12.7. The van der Waals surface area contributed by atoms with Crippen LogP contribution in [0.25, 0.3) is 0 Å². The molecule has 5 heteroatoms. The first kappa shape index (κ1) is 13.4. The monoisotopic (exact) mass is 286 g/mol. The fourth-order valence-corrected chi connectivity index (χ4v) is 2.03. The standard InChI is InChI=1S/C13H13Cl2FN2/c1-2-12(14)10-6-17-18(8-10)7-9-3-4-11(16)5-13(9)15/h3-6,8,12H,2,7H2,1H3. The van der Waals surface area contributed by atoms with Crippen LogP contribution in [-0.4, -0.2) is 9.78 Å². The lowest BCUT2D eigenvalue weighted by atomic mass is 10.2. The summed E-state index contributed by atoms with van der Waals surface area (Å²) < 4.78 is 14.7. The van der Waals surface area contributed by atoms with Crippen LogP contribution in [-0.2, 0) is 6.54 Å². The molecule has 0 fully saturated rings. The van der Waals surface area contributed by atoms with Crippen molar-refractivity contribution < 1.29 is 4.39 Å². The van der Waals surface area contributed by atoms with E-state index in [9.17, 15) is 4.39 Å². The SMILES string of the molecule is CCC(Cl)c1cnn(Cc2ccc(F)cc2Cl)c1. The lowest BCUT2D eigenvalue weighted by Gasteiger charge is -2.05. The highest BCUT2D eigenvalue weighted by atomic mass is 35.5. The molecule has 0 bridgehead atoms. The minimum Gasteiger partial charge on any atom is -0.268 e. The highest BCUT2D eigenvalue weighted by molar-refractivity contribution is 6.31. The van der Waals surface area contributed by atoms with Crippen molar-refractivity contribution in [2.45, 2.75) is 25.3 Å². The average Bonchev–Trinajstić information content (AvgIpc) is 2.80. The Bertz CT molecular complexity index is 540. The van der Waals surface area contributed by atoms with Crippen molar-refractivity contribution in [1.29, 1.82) is 0 Å². The van der Waals surface area contributed by atoms with Gasteiger partial charge in [0.25, 0.3) is 0 Å². The van der Waals surface area contributed by atoms with Gasteiger partial charge in [-0.15, -0.1) is 11.6 Å². The summed E-state index contributed by atoms with van der Waals surface area (Å²) in [7, 11) is 0. The van der Waals surface area contributed by atoms with Crippen LogP contribution in [0.1, 0.15) is 29.8 Å². The van der Waals surface area contributed by atoms with Gasteiger partial charge in [-0.2, -0.15) is 5.10 Å². The zero-order valence-corrected chi connectivity index (χ0v) is 11.4. The number of aromatic nitrogens is 2. The number of alkyl halides is 1. The molecule has 2 aromatic rings. The molecule has 0 saturated carbocycles. The maximum absolute atomic E-state index is 12.9. The molecule has 1 aromatic heterocycles. The number of hydrogen-bond acceptors (Lipinski definition) is 1. The largest absolute Gasteiger partial charge is 0.268 e. The smallest absolute Gasteiger partial charge is 0.124 e. The van der Waals surface area contributed by atoms with Gasteiger partial charge in [0.1, 0.15) is 5.82 Å². The lowest BCUT2D eigenvalue weighted by molar-refractivity contribution is 0.624. The molecule has 18 heavy (non-hydrogen) atoms. The van der Waals surface area contributed by atoms with E-state index in [1.165, 1.54) is 12.1 Å². The number of nitrogens with zero attached hydrogens (tertiary/aromatic N) is 2. The van der Waals surface area contributed by atoms with E-state index < -0.39 is 0 Å². The number of hydrogen-bond donors (Lipinski definition) is 0. The maximum atomic E-state index is 12.9. The molecule has 2 nitrogen and oxygen atoms in total. The Balaban J connectivity index is 2.16. The Morgan fingerprint density at radius 2 is 2.22 bits per heavy atom. The molecular formula is C13H13Cl2FN2. The van der Waals surface area contributed by atoms with Gasteiger partial charge in [0.05, 0.1) is 18.1 Å². The van der Waals surface area contributed by atoms with Crippen molar-refractivity contribution >= 4 is 23.2 Å². The molecule has 1 atom stereocenters. The molecule has 96 valence electrons. The van der Waals surface area contributed by atoms with Crippen LogP contribution in [0.4, 0.5) is 4.39 Å². The average molecular weight is 287 g/mol. The van der Waals surface area contributed by atoms with E-state index in [-0.39, 0.29) is 11.2 Å². The number of rotatable bonds is 4. The molecule has 0 aliphatic rings. The van der Waals surface area contributed by atoms with E-state index in [1.807, 2.05) is 13.1 Å². The fourth-order valence-electron chi connectivity index (χ4n) is 1.69. The second-order valence-corrected chi connectivity index (χ2v) is 5.02. The van der Waals surface area contributed by atoms with Gasteiger partial charge in [-0.1, -0.05) is 24.6 Å². The van der Waals surface area contributed by atoms with Crippen molar-refractivity contribution in [2.24, 2.45) is 0 Å². The second-order valence-electron chi connectivity index (χ2n) is 4.08. The zero-order chi connectivity index (χ0) is 13.1. The minimum absolute atomic E-state index is 0.0255. The zero-order valence-electron chi connectivity index (χ0n) is 9.91. The maximum Gasteiger partial charge on any atom is 0.124 e. The summed E-state index contributed by atoms with van der Waals surface area (Å²) in [5.41, 5.74) is 1.81. The predicted octanol–water partition coefficient (Wildman–Crippen LogP) is 4.41. The van der Waals surface area contributed by atoms with Crippen LogP contribution in [0.2, 0.25) is 5.02 Å². The van der Waals surface area contributed by atoms with E-state index in [1.54, 1.807) is 16.9 Å². The summed E-state index contributed by atoms with van der Waals surface area (Å²) >= 11 is 12.1. The molecule has 0 radical (unpaired) electrons.